The molecule has 1 aromatic carbocycles. The van der Waals surface area contributed by atoms with Crippen molar-refractivity contribution in [2.24, 2.45) is 5.16 Å². The fourth-order valence-electron chi connectivity index (χ4n) is 1.97. The summed E-state index contributed by atoms with van der Waals surface area (Å²) in [6, 6.07) is 8.15. The molecule has 21 heavy (non-hydrogen) atoms. The Balaban J connectivity index is 1.80. The largest absolute Gasteiger partial charge is 0.444 e. The lowest BCUT2D eigenvalue weighted by molar-refractivity contribution is 0.0439. The molecule has 0 saturated heterocycles. The Morgan fingerprint density at radius 1 is 1.38 bits per heavy atom. The molecule has 0 aliphatic carbocycles. The average molecular weight is 290 g/mol. The number of oxime groups is 1. The van der Waals surface area contributed by atoms with Crippen molar-refractivity contribution < 1.29 is 14.4 Å². The molecule has 1 amide bonds. The van der Waals surface area contributed by atoms with Crippen LogP contribution in [0.3, 0.4) is 0 Å². The van der Waals surface area contributed by atoms with Crippen molar-refractivity contribution in [3.63, 3.8) is 0 Å². The summed E-state index contributed by atoms with van der Waals surface area (Å²) in [5.41, 5.74) is 2.68. The number of aryl methyl sites for hydroxylation is 1. The lowest BCUT2D eigenvalue weighted by atomic mass is 10.0. The number of carbonyl (C=O) groups excluding carboxylic acids is 1. The smallest absolute Gasteiger partial charge is 0.407 e. The summed E-state index contributed by atoms with van der Waals surface area (Å²) in [6.07, 6.45) is 0.0995. The number of carbonyl (C=O) groups is 1. The second kappa shape index (κ2) is 6.16. The highest BCUT2D eigenvalue weighted by molar-refractivity contribution is 6.01. The van der Waals surface area contributed by atoms with E-state index in [-0.39, 0.29) is 6.10 Å². The maximum absolute atomic E-state index is 11.6. The van der Waals surface area contributed by atoms with Crippen LogP contribution in [0.15, 0.2) is 29.4 Å². The molecule has 1 aliphatic rings. The van der Waals surface area contributed by atoms with Gasteiger partial charge in [-0.25, -0.2) is 4.79 Å². The fourth-order valence-corrected chi connectivity index (χ4v) is 1.97. The van der Waals surface area contributed by atoms with E-state index in [1.54, 1.807) is 0 Å². The van der Waals surface area contributed by atoms with Crippen molar-refractivity contribution in [3.8, 4) is 0 Å². The van der Waals surface area contributed by atoms with Gasteiger partial charge in [-0.15, -0.1) is 0 Å². The molecule has 0 aromatic heterocycles. The molecule has 0 radical (unpaired) electrons. The first-order chi connectivity index (χ1) is 9.83. The second-order valence-electron chi connectivity index (χ2n) is 6.22. The standard InChI is InChI=1S/C16H22N2O3/c1-11-5-7-12(8-6-11)14-9-13(21-18-14)10-17-15(19)20-16(2,3)4/h5-8,13H,9-10H2,1-4H3,(H,17,19)/t13-/m1/s1. The zero-order chi connectivity index (χ0) is 15.5. The van der Waals surface area contributed by atoms with Crippen LogP contribution in [0.1, 0.15) is 38.3 Å². The molecular formula is C16H22N2O3. The molecule has 1 atom stereocenters. The van der Waals surface area contributed by atoms with E-state index in [0.717, 1.165) is 11.3 Å². The first-order valence-electron chi connectivity index (χ1n) is 7.10. The van der Waals surface area contributed by atoms with Crippen molar-refractivity contribution in [2.45, 2.75) is 45.8 Å². The second-order valence-corrected chi connectivity index (χ2v) is 6.22. The molecular weight excluding hydrogens is 268 g/mol. The summed E-state index contributed by atoms with van der Waals surface area (Å²) in [5.74, 6) is 0. The molecule has 1 heterocycles. The normalized spacial score (nSPS) is 17.9. The topological polar surface area (TPSA) is 59.9 Å². The van der Waals surface area contributed by atoms with Crippen molar-refractivity contribution >= 4 is 11.8 Å². The monoisotopic (exact) mass is 290 g/mol. The predicted octanol–water partition coefficient (Wildman–Crippen LogP) is 3.01. The zero-order valence-electron chi connectivity index (χ0n) is 13.0. The van der Waals surface area contributed by atoms with Gasteiger partial charge >= 0.3 is 6.09 Å². The van der Waals surface area contributed by atoms with E-state index in [1.807, 2.05) is 52.0 Å². The van der Waals surface area contributed by atoms with Gasteiger partial charge in [0.05, 0.1) is 12.3 Å². The van der Waals surface area contributed by atoms with Gasteiger partial charge in [-0.05, 0) is 33.3 Å². The molecule has 0 fully saturated rings. The molecule has 2 rings (SSSR count). The minimum Gasteiger partial charge on any atom is -0.444 e. The Morgan fingerprint density at radius 3 is 2.67 bits per heavy atom. The van der Waals surface area contributed by atoms with Crippen molar-refractivity contribution in [1.29, 1.82) is 0 Å². The Kier molecular flexibility index (Phi) is 4.50. The van der Waals surface area contributed by atoms with Crippen LogP contribution in [0.2, 0.25) is 0 Å². The van der Waals surface area contributed by atoms with Crippen molar-refractivity contribution in [3.05, 3.63) is 35.4 Å². The third-order valence-corrected chi connectivity index (χ3v) is 2.99. The van der Waals surface area contributed by atoms with Crippen LogP contribution in [0.25, 0.3) is 0 Å². The summed E-state index contributed by atoms with van der Waals surface area (Å²) < 4.78 is 5.18. The van der Waals surface area contributed by atoms with Gasteiger partial charge in [0.15, 0.2) is 6.10 Å². The molecule has 5 nitrogen and oxygen atoms in total. The Hall–Kier alpha value is -2.04. The summed E-state index contributed by atoms with van der Waals surface area (Å²) >= 11 is 0. The van der Waals surface area contributed by atoms with Gasteiger partial charge in [0.25, 0.3) is 0 Å². The quantitative estimate of drug-likeness (QED) is 0.931. The first-order valence-corrected chi connectivity index (χ1v) is 7.10. The minimum absolute atomic E-state index is 0.145. The zero-order valence-corrected chi connectivity index (χ0v) is 13.0. The van der Waals surface area contributed by atoms with Crippen LogP contribution in [0.4, 0.5) is 4.79 Å². The van der Waals surface area contributed by atoms with E-state index in [2.05, 4.69) is 10.5 Å². The van der Waals surface area contributed by atoms with Crippen molar-refractivity contribution in [1.82, 2.24) is 5.32 Å². The lowest BCUT2D eigenvalue weighted by Gasteiger charge is -2.20. The van der Waals surface area contributed by atoms with Crippen LogP contribution in [0.5, 0.6) is 0 Å². The van der Waals surface area contributed by atoms with Crippen molar-refractivity contribution in [2.75, 3.05) is 6.54 Å². The van der Waals surface area contributed by atoms with E-state index in [0.29, 0.717) is 13.0 Å². The van der Waals surface area contributed by atoms with Crippen LogP contribution < -0.4 is 5.32 Å². The van der Waals surface area contributed by atoms with E-state index >= 15 is 0 Å². The van der Waals surface area contributed by atoms with Gasteiger partial charge in [-0.3, -0.25) is 0 Å². The average Bonchev–Trinajstić information content (AvgIpc) is 2.84. The number of hydrogen-bond donors (Lipinski definition) is 1. The van der Waals surface area contributed by atoms with Gasteiger partial charge in [0.1, 0.15) is 5.60 Å². The van der Waals surface area contributed by atoms with Gasteiger partial charge in [-0.1, -0.05) is 35.0 Å². The summed E-state index contributed by atoms with van der Waals surface area (Å²) in [5, 5.41) is 6.80. The number of benzene rings is 1. The summed E-state index contributed by atoms with van der Waals surface area (Å²) in [4.78, 5) is 16.9. The molecule has 0 bridgehead atoms. The Morgan fingerprint density at radius 2 is 2.05 bits per heavy atom. The number of rotatable bonds is 3. The number of hydrogen-bond acceptors (Lipinski definition) is 4. The Bertz CT molecular complexity index is 529. The number of nitrogens with zero attached hydrogens (tertiary/aromatic N) is 1. The lowest BCUT2D eigenvalue weighted by Crippen LogP contribution is -2.37. The SMILES string of the molecule is Cc1ccc(C2=NO[C@@H](CNC(=O)OC(C)(C)C)C2)cc1. The summed E-state index contributed by atoms with van der Waals surface area (Å²) in [7, 11) is 0. The van der Waals surface area contributed by atoms with Crippen LogP contribution in [-0.4, -0.2) is 30.1 Å². The number of nitrogens with one attached hydrogen (secondary N) is 1. The maximum Gasteiger partial charge on any atom is 0.407 e. The molecule has 1 aromatic rings. The highest BCUT2D eigenvalue weighted by Crippen LogP contribution is 2.17. The molecule has 0 spiro atoms. The highest BCUT2D eigenvalue weighted by Gasteiger charge is 2.24. The van der Waals surface area contributed by atoms with Crippen LogP contribution in [0, 0.1) is 6.92 Å². The maximum atomic E-state index is 11.6. The molecule has 1 aliphatic heterocycles. The van der Waals surface area contributed by atoms with E-state index < -0.39 is 11.7 Å². The molecule has 114 valence electrons. The third-order valence-electron chi connectivity index (χ3n) is 2.99. The first kappa shape index (κ1) is 15.4. The van der Waals surface area contributed by atoms with Gasteiger partial charge in [0, 0.05) is 6.42 Å². The molecule has 5 heteroatoms. The molecule has 0 unspecified atom stereocenters. The predicted molar refractivity (Wildman–Crippen MR) is 81.4 cm³/mol. The minimum atomic E-state index is -0.496. The molecule has 0 saturated carbocycles. The highest BCUT2D eigenvalue weighted by atomic mass is 16.6. The molecule has 1 N–H and O–H groups in total. The van der Waals surface area contributed by atoms with Gasteiger partial charge in [0.2, 0.25) is 0 Å². The number of amides is 1. The van der Waals surface area contributed by atoms with E-state index in [1.165, 1.54) is 5.56 Å². The fraction of sp³-hybridized carbons (Fsp3) is 0.500. The van der Waals surface area contributed by atoms with Gasteiger partial charge in [-0.2, -0.15) is 0 Å². The van der Waals surface area contributed by atoms with Crippen LogP contribution >= 0.6 is 0 Å². The van der Waals surface area contributed by atoms with E-state index in [9.17, 15) is 4.79 Å². The summed E-state index contributed by atoms with van der Waals surface area (Å²) in [6.45, 7) is 7.92. The Labute approximate surface area is 125 Å². The van der Waals surface area contributed by atoms with Crippen LogP contribution in [-0.2, 0) is 9.57 Å². The number of alkyl carbamates (subject to hydrolysis) is 1. The third kappa shape index (κ3) is 4.77. The number of ether oxygens (including phenoxy) is 1. The van der Waals surface area contributed by atoms with Gasteiger partial charge < -0.3 is 14.9 Å². The van der Waals surface area contributed by atoms with E-state index in [4.69, 9.17) is 9.57 Å².